The number of hydrogen-bond donors (Lipinski definition) is 1. The zero-order valence-corrected chi connectivity index (χ0v) is 12.7. The van der Waals surface area contributed by atoms with Crippen molar-refractivity contribution in [3.63, 3.8) is 0 Å². The third-order valence-corrected chi connectivity index (χ3v) is 4.03. The molecule has 112 valence electrons. The molecule has 1 aliphatic carbocycles. The van der Waals surface area contributed by atoms with Crippen LogP contribution in [0, 0.1) is 5.82 Å². The summed E-state index contributed by atoms with van der Waals surface area (Å²) < 4.78 is 15.7. The first-order valence-corrected chi connectivity index (χ1v) is 7.72. The Kier molecular flexibility index (Phi) is 4.06. The smallest absolute Gasteiger partial charge is 0.123 e. The molecule has 0 spiro atoms. The molecule has 21 heavy (non-hydrogen) atoms. The van der Waals surface area contributed by atoms with Gasteiger partial charge in [-0.3, -0.25) is 0 Å². The van der Waals surface area contributed by atoms with E-state index in [1.165, 1.54) is 30.3 Å². The summed E-state index contributed by atoms with van der Waals surface area (Å²) in [5, 5.41) is 3.37. The van der Waals surface area contributed by atoms with E-state index in [2.05, 4.69) is 28.7 Å². The Balaban J connectivity index is 1.99. The first-order valence-electron chi connectivity index (χ1n) is 7.72. The summed E-state index contributed by atoms with van der Waals surface area (Å²) in [5.74, 6) is -0.187. The summed E-state index contributed by atoms with van der Waals surface area (Å²) in [5.41, 5.74) is 4.52. The second kappa shape index (κ2) is 5.98. The summed E-state index contributed by atoms with van der Waals surface area (Å²) >= 11 is 0. The molecular formula is C17H22FN3. The van der Waals surface area contributed by atoms with Gasteiger partial charge in [-0.15, -0.1) is 0 Å². The zero-order valence-electron chi connectivity index (χ0n) is 12.7. The molecular weight excluding hydrogens is 265 g/mol. The van der Waals surface area contributed by atoms with Crippen LogP contribution in [0.4, 0.5) is 4.39 Å². The highest BCUT2D eigenvalue weighted by atomic mass is 19.1. The predicted molar refractivity (Wildman–Crippen MR) is 82.1 cm³/mol. The molecule has 2 aromatic rings. The van der Waals surface area contributed by atoms with Crippen LogP contribution in [-0.4, -0.2) is 15.6 Å². The average molecular weight is 287 g/mol. The number of fused-ring (bicyclic) bond motifs is 1. The number of nitrogens with one attached hydrogen (secondary N) is 1. The van der Waals surface area contributed by atoms with Crippen LogP contribution >= 0.6 is 0 Å². The number of aromatic nitrogens is 2. The summed E-state index contributed by atoms with van der Waals surface area (Å²) in [6.07, 6.45) is 6.43. The Bertz CT molecular complexity index is 631. The molecule has 0 radical (unpaired) electrons. The van der Waals surface area contributed by atoms with Gasteiger partial charge in [0, 0.05) is 18.3 Å². The van der Waals surface area contributed by atoms with Crippen LogP contribution in [-0.2, 0) is 19.4 Å². The molecule has 1 N–H and O–H groups in total. The van der Waals surface area contributed by atoms with Crippen LogP contribution in [0.3, 0.4) is 0 Å². The lowest BCUT2D eigenvalue weighted by atomic mass is 10.0. The predicted octanol–water partition coefficient (Wildman–Crippen LogP) is 3.39. The second-order valence-corrected chi connectivity index (χ2v) is 6.02. The van der Waals surface area contributed by atoms with Crippen molar-refractivity contribution in [1.29, 1.82) is 0 Å². The molecule has 4 heteroatoms. The largest absolute Gasteiger partial charge is 0.310 e. The molecule has 3 rings (SSSR count). The normalized spacial score (nSPS) is 14.5. The van der Waals surface area contributed by atoms with Crippen molar-refractivity contribution in [1.82, 2.24) is 14.9 Å². The van der Waals surface area contributed by atoms with Gasteiger partial charge >= 0.3 is 0 Å². The third-order valence-electron chi connectivity index (χ3n) is 4.03. The Morgan fingerprint density at radius 2 is 2.10 bits per heavy atom. The minimum absolute atomic E-state index is 0.187. The van der Waals surface area contributed by atoms with E-state index in [1.54, 1.807) is 6.07 Å². The van der Waals surface area contributed by atoms with Crippen LogP contribution in [0.2, 0.25) is 0 Å². The number of halogens is 1. The highest BCUT2D eigenvalue weighted by molar-refractivity contribution is 5.44. The molecule has 0 fully saturated rings. The molecule has 0 saturated carbocycles. The lowest BCUT2D eigenvalue weighted by Crippen LogP contribution is -2.23. The highest BCUT2D eigenvalue weighted by Crippen LogP contribution is 2.25. The lowest BCUT2D eigenvalue weighted by molar-refractivity contribution is 0.579. The molecule has 1 heterocycles. The Morgan fingerprint density at radius 1 is 1.29 bits per heavy atom. The SMILES string of the molecule is CC(C)NCc1cc(F)ccc1-n1cnc2c1CCCC2. The molecule has 0 unspecified atom stereocenters. The fourth-order valence-corrected chi connectivity index (χ4v) is 2.92. The van der Waals surface area contributed by atoms with Gasteiger partial charge in [-0.2, -0.15) is 0 Å². The summed E-state index contributed by atoms with van der Waals surface area (Å²) in [7, 11) is 0. The molecule has 3 nitrogen and oxygen atoms in total. The average Bonchev–Trinajstić information content (AvgIpc) is 2.89. The monoisotopic (exact) mass is 287 g/mol. The Labute approximate surface area is 125 Å². The third kappa shape index (κ3) is 3.00. The fraction of sp³-hybridized carbons (Fsp3) is 0.471. The molecule has 0 atom stereocenters. The molecule has 0 bridgehead atoms. The van der Waals surface area contributed by atoms with Crippen molar-refractivity contribution in [2.45, 2.75) is 52.1 Å². The van der Waals surface area contributed by atoms with Crippen LogP contribution in [0.25, 0.3) is 5.69 Å². The van der Waals surface area contributed by atoms with Gasteiger partial charge < -0.3 is 9.88 Å². The van der Waals surface area contributed by atoms with E-state index in [0.29, 0.717) is 12.6 Å². The number of aryl methyl sites for hydroxylation is 1. The van der Waals surface area contributed by atoms with Gasteiger partial charge in [-0.05, 0) is 49.4 Å². The number of benzene rings is 1. The van der Waals surface area contributed by atoms with Crippen LogP contribution in [0.5, 0.6) is 0 Å². The maximum Gasteiger partial charge on any atom is 0.123 e. The maximum absolute atomic E-state index is 13.6. The number of imidazole rings is 1. The Morgan fingerprint density at radius 3 is 2.90 bits per heavy atom. The van der Waals surface area contributed by atoms with Crippen molar-refractivity contribution in [2.24, 2.45) is 0 Å². The number of hydrogen-bond acceptors (Lipinski definition) is 2. The number of rotatable bonds is 4. The van der Waals surface area contributed by atoms with Crippen LogP contribution in [0.1, 0.15) is 43.6 Å². The number of nitrogens with zero attached hydrogens (tertiary/aromatic N) is 2. The van der Waals surface area contributed by atoms with E-state index < -0.39 is 0 Å². The quantitative estimate of drug-likeness (QED) is 0.934. The molecule has 0 aliphatic heterocycles. The fourth-order valence-electron chi connectivity index (χ4n) is 2.92. The summed E-state index contributed by atoms with van der Waals surface area (Å²) in [6.45, 7) is 4.85. The van der Waals surface area contributed by atoms with E-state index in [1.807, 2.05) is 12.4 Å². The first-order chi connectivity index (χ1) is 10.1. The minimum atomic E-state index is -0.187. The van der Waals surface area contributed by atoms with Crippen molar-refractivity contribution in [3.05, 3.63) is 47.3 Å². The van der Waals surface area contributed by atoms with Crippen LogP contribution < -0.4 is 5.32 Å². The summed E-state index contributed by atoms with van der Waals surface area (Å²) in [4.78, 5) is 4.54. The van der Waals surface area contributed by atoms with E-state index in [9.17, 15) is 4.39 Å². The van der Waals surface area contributed by atoms with E-state index in [4.69, 9.17) is 0 Å². The topological polar surface area (TPSA) is 29.9 Å². The molecule has 1 aromatic carbocycles. The van der Waals surface area contributed by atoms with E-state index in [0.717, 1.165) is 24.1 Å². The minimum Gasteiger partial charge on any atom is -0.310 e. The lowest BCUT2D eigenvalue weighted by Gasteiger charge is -2.18. The molecule has 0 amide bonds. The van der Waals surface area contributed by atoms with Crippen molar-refractivity contribution in [3.8, 4) is 5.69 Å². The van der Waals surface area contributed by atoms with Crippen LogP contribution in [0.15, 0.2) is 24.5 Å². The van der Waals surface area contributed by atoms with Crippen molar-refractivity contribution in [2.75, 3.05) is 0 Å². The van der Waals surface area contributed by atoms with Gasteiger partial charge in [0.15, 0.2) is 0 Å². The molecule has 1 aliphatic rings. The van der Waals surface area contributed by atoms with Gasteiger partial charge in [-0.1, -0.05) is 13.8 Å². The van der Waals surface area contributed by atoms with E-state index >= 15 is 0 Å². The zero-order chi connectivity index (χ0) is 14.8. The van der Waals surface area contributed by atoms with Gasteiger partial charge in [0.25, 0.3) is 0 Å². The van der Waals surface area contributed by atoms with E-state index in [-0.39, 0.29) is 5.82 Å². The molecule has 0 saturated heterocycles. The Hall–Kier alpha value is -1.68. The molecule has 1 aromatic heterocycles. The van der Waals surface area contributed by atoms with Gasteiger partial charge in [0.2, 0.25) is 0 Å². The maximum atomic E-state index is 13.6. The summed E-state index contributed by atoms with van der Waals surface area (Å²) in [6, 6.07) is 5.39. The second-order valence-electron chi connectivity index (χ2n) is 6.02. The highest BCUT2D eigenvalue weighted by Gasteiger charge is 2.17. The van der Waals surface area contributed by atoms with Gasteiger partial charge in [0.05, 0.1) is 17.7 Å². The first kappa shape index (κ1) is 14.3. The van der Waals surface area contributed by atoms with Crippen molar-refractivity contribution >= 4 is 0 Å². The van der Waals surface area contributed by atoms with Crippen molar-refractivity contribution < 1.29 is 4.39 Å². The van der Waals surface area contributed by atoms with Gasteiger partial charge in [0.1, 0.15) is 5.82 Å². The van der Waals surface area contributed by atoms with Gasteiger partial charge in [-0.25, -0.2) is 9.37 Å². The standard InChI is InChI=1S/C17H22FN3/c1-12(2)19-10-13-9-14(18)7-8-16(13)21-11-20-15-5-3-4-6-17(15)21/h7-9,11-12,19H,3-6,10H2,1-2H3.